The van der Waals surface area contributed by atoms with Crippen molar-refractivity contribution in [2.75, 3.05) is 40.8 Å². The quantitative estimate of drug-likeness (QED) is 0.591. The van der Waals surface area contributed by atoms with Crippen LogP contribution in [0.2, 0.25) is 0 Å². The van der Waals surface area contributed by atoms with E-state index in [9.17, 15) is 4.79 Å². The summed E-state index contributed by atoms with van der Waals surface area (Å²) < 4.78 is 0. The van der Waals surface area contributed by atoms with E-state index in [0.717, 1.165) is 26.1 Å². The summed E-state index contributed by atoms with van der Waals surface area (Å²) in [7, 11) is 5.66. The summed E-state index contributed by atoms with van der Waals surface area (Å²) in [5.74, 6) is 0.175. The lowest BCUT2D eigenvalue weighted by molar-refractivity contribution is -0.131. The number of likely N-dealkylation sites (N-methyl/N-ethyl adjacent to an activating group) is 2. The normalized spacial score (nSPS) is 25.3. The molecular formula is C9H19N3O. The van der Waals surface area contributed by atoms with Gasteiger partial charge in [0.05, 0.1) is 6.04 Å². The molecule has 1 rings (SSSR count). The smallest absolute Gasteiger partial charge is 0.240 e. The third kappa shape index (κ3) is 2.97. The Morgan fingerprint density at radius 1 is 1.54 bits per heavy atom. The fourth-order valence-electron chi connectivity index (χ4n) is 1.57. The summed E-state index contributed by atoms with van der Waals surface area (Å²) in [5, 5.41) is 3.26. The summed E-state index contributed by atoms with van der Waals surface area (Å²) in [6.45, 7) is 2.83. The van der Waals surface area contributed by atoms with Crippen LogP contribution in [0.15, 0.2) is 0 Å². The molecule has 0 aromatic heterocycles. The van der Waals surface area contributed by atoms with Gasteiger partial charge in [0.25, 0.3) is 0 Å². The van der Waals surface area contributed by atoms with Crippen LogP contribution in [0.5, 0.6) is 0 Å². The van der Waals surface area contributed by atoms with Gasteiger partial charge < -0.3 is 15.1 Å². The molecule has 1 saturated heterocycles. The number of hydrogen-bond acceptors (Lipinski definition) is 3. The van der Waals surface area contributed by atoms with Gasteiger partial charge in [0.15, 0.2) is 0 Å². The van der Waals surface area contributed by atoms with Crippen molar-refractivity contribution in [3.05, 3.63) is 0 Å². The predicted octanol–water partition coefficient (Wildman–Crippen LogP) is -0.632. The van der Waals surface area contributed by atoms with Crippen molar-refractivity contribution in [2.24, 2.45) is 0 Å². The van der Waals surface area contributed by atoms with Gasteiger partial charge in [0.2, 0.25) is 5.91 Å². The minimum absolute atomic E-state index is 0.0255. The van der Waals surface area contributed by atoms with Crippen LogP contribution in [0.1, 0.15) is 6.42 Å². The molecule has 1 fully saturated rings. The standard InChI is InChI=1S/C9H19N3O/c1-11(2)9(13)8-7-12(3)6-4-5-10-8/h8,10H,4-7H2,1-3H3. The molecule has 1 aliphatic rings. The molecule has 4 heteroatoms. The lowest BCUT2D eigenvalue weighted by Gasteiger charge is -2.22. The van der Waals surface area contributed by atoms with Crippen molar-refractivity contribution in [3.8, 4) is 0 Å². The minimum atomic E-state index is -0.0255. The van der Waals surface area contributed by atoms with Crippen molar-refractivity contribution >= 4 is 5.91 Å². The topological polar surface area (TPSA) is 35.6 Å². The summed E-state index contributed by atoms with van der Waals surface area (Å²) in [6, 6.07) is -0.0255. The molecule has 0 aromatic rings. The molecule has 1 amide bonds. The van der Waals surface area contributed by atoms with E-state index in [1.807, 2.05) is 0 Å². The van der Waals surface area contributed by atoms with E-state index < -0.39 is 0 Å². The Bertz CT molecular complexity index is 182. The van der Waals surface area contributed by atoms with Crippen LogP contribution in [0.25, 0.3) is 0 Å². The van der Waals surface area contributed by atoms with E-state index >= 15 is 0 Å². The highest BCUT2D eigenvalue weighted by molar-refractivity contribution is 5.81. The van der Waals surface area contributed by atoms with Crippen LogP contribution >= 0.6 is 0 Å². The fraction of sp³-hybridized carbons (Fsp3) is 0.889. The molecule has 0 aromatic carbocycles. The summed E-state index contributed by atoms with van der Waals surface area (Å²) in [4.78, 5) is 15.5. The Balaban J connectivity index is 2.52. The number of hydrogen-bond donors (Lipinski definition) is 1. The first-order valence-corrected chi connectivity index (χ1v) is 4.74. The monoisotopic (exact) mass is 185 g/mol. The first-order valence-electron chi connectivity index (χ1n) is 4.74. The number of carbonyl (C=O) groups excluding carboxylic acids is 1. The molecule has 1 aliphatic heterocycles. The Kier molecular flexibility index (Phi) is 3.69. The third-order valence-corrected chi connectivity index (χ3v) is 2.34. The number of nitrogens with one attached hydrogen (secondary N) is 1. The van der Waals surface area contributed by atoms with E-state index in [0.29, 0.717) is 0 Å². The highest BCUT2D eigenvalue weighted by Gasteiger charge is 2.22. The summed E-state index contributed by atoms with van der Waals surface area (Å²) in [5.41, 5.74) is 0. The van der Waals surface area contributed by atoms with E-state index in [1.165, 1.54) is 0 Å². The van der Waals surface area contributed by atoms with Crippen LogP contribution < -0.4 is 5.32 Å². The molecule has 1 atom stereocenters. The van der Waals surface area contributed by atoms with Crippen molar-refractivity contribution in [1.29, 1.82) is 0 Å². The molecule has 0 radical (unpaired) electrons. The average molecular weight is 185 g/mol. The lowest BCUT2D eigenvalue weighted by Crippen LogP contribution is -2.47. The SMILES string of the molecule is CN1CCCNC(C(=O)N(C)C)C1. The van der Waals surface area contributed by atoms with Gasteiger partial charge in [-0.05, 0) is 26.6 Å². The largest absolute Gasteiger partial charge is 0.347 e. The molecule has 1 unspecified atom stereocenters. The van der Waals surface area contributed by atoms with Crippen molar-refractivity contribution in [3.63, 3.8) is 0 Å². The maximum atomic E-state index is 11.6. The lowest BCUT2D eigenvalue weighted by atomic mass is 10.2. The van der Waals surface area contributed by atoms with Gasteiger partial charge in [-0.1, -0.05) is 0 Å². The van der Waals surface area contributed by atoms with Gasteiger partial charge >= 0.3 is 0 Å². The van der Waals surface area contributed by atoms with E-state index in [1.54, 1.807) is 19.0 Å². The van der Waals surface area contributed by atoms with Gasteiger partial charge in [-0.15, -0.1) is 0 Å². The number of rotatable bonds is 1. The predicted molar refractivity (Wildman–Crippen MR) is 52.6 cm³/mol. The zero-order chi connectivity index (χ0) is 9.84. The molecule has 4 nitrogen and oxygen atoms in total. The molecule has 1 N–H and O–H groups in total. The van der Waals surface area contributed by atoms with Crippen LogP contribution in [0.3, 0.4) is 0 Å². The molecular weight excluding hydrogens is 166 g/mol. The number of nitrogens with zero attached hydrogens (tertiary/aromatic N) is 2. The Morgan fingerprint density at radius 3 is 2.85 bits per heavy atom. The molecule has 0 bridgehead atoms. The Morgan fingerprint density at radius 2 is 2.23 bits per heavy atom. The first kappa shape index (κ1) is 10.5. The number of amides is 1. The van der Waals surface area contributed by atoms with Crippen LogP contribution in [0.4, 0.5) is 0 Å². The van der Waals surface area contributed by atoms with Crippen LogP contribution in [0, 0.1) is 0 Å². The van der Waals surface area contributed by atoms with Gasteiger partial charge in [-0.25, -0.2) is 0 Å². The van der Waals surface area contributed by atoms with Crippen molar-refractivity contribution in [2.45, 2.75) is 12.5 Å². The van der Waals surface area contributed by atoms with Crippen LogP contribution in [-0.2, 0) is 4.79 Å². The molecule has 76 valence electrons. The van der Waals surface area contributed by atoms with E-state index in [2.05, 4.69) is 17.3 Å². The molecule has 0 spiro atoms. The maximum Gasteiger partial charge on any atom is 0.240 e. The van der Waals surface area contributed by atoms with Gasteiger partial charge in [-0.3, -0.25) is 4.79 Å². The van der Waals surface area contributed by atoms with Crippen molar-refractivity contribution in [1.82, 2.24) is 15.1 Å². The minimum Gasteiger partial charge on any atom is -0.347 e. The highest BCUT2D eigenvalue weighted by atomic mass is 16.2. The molecule has 0 saturated carbocycles. The highest BCUT2D eigenvalue weighted by Crippen LogP contribution is 1.99. The second-order valence-electron chi connectivity index (χ2n) is 3.86. The average Bonchev–Trinajstić information content (AvgIpc) is 2.28. The molecule has 0 aliphatic carbocycles. The van der Waals surface area contributed by atoms with Crippen molar-refractivity contribution < 1.29 is 4.79 Å². The zero-order valence-corrected chi connectivity index (χ0v) is 8.71. The van der Waals surface area contributed by atoms with E-state index in [-0.39, 0.29) is 11.9 Å². The van der Waals surface area contributed by atoms with E-state index in [4.69, 9.17) is 0 Å². The molecule has 13 heavy (non-hydrogen) atoms. The first-order chi connectivity index (χ1) is 6.11. The Hall–Kier alpha value is -0.610. The number of carbonyl (C=O) groups is 1. The second-order valence-corrected chi connectivity index (χ2v) is 3.86. The zero-order valence-electron chi connectivity index (χ0n) is 8.71. The second kappa shape index (κ2) is 4.58. The summed E-state index contributed by atoms with van der Waals surface area (Å²) >= 11 is 0. The third-order valence-electron chi connectivity index (χ3n) is 2.34. The van der Waals surface area contributed by atoms with Gasteiger partial charge in [-0.2, -0.15) is 0 Å². The van der Waals surface area contributed by atoms with Gasteiger partial charge in [0.1, 0.15) is 0 Å². The van der Waals surface area contributed by atoms with Gasteiger partial charge in [0, 0.05) is 20.6 Å². The van der Waals surface area contributed by atoms with Crippen LogP contribution in [-0.4, -0.2) is 62.5 Å². The molecule has 1 heterocycles. The maximum absolute atomic E-state index is 11.6. The summed E-state index contributed by atoms with van der Waals surface area (Å²) in [6.07, 6.45) is 1.12. The fourth-order valence-corrected chi connectivity index (χ4v) is 1.57. The Labute approximate surface area is 79.9 Å².